The van der Waals surface area contributed by atoms with E-state index >= 15 is 0 Å². The molecule has 0 fully saturated rings. The molecule has 2 heterocycles. The zero-order valence-electron chi connectivity index (χ0n) is 17.5. The molecule has 0 saturated carbocycles. The van der Waals surface area contributed by atoms with E-state index in [4.69, 9.17) is 4.98 Å². The van der Waals surface area contributed by atoms with Crippen LogP contribution in [0.5, 0.6) is 0 Å². The van der Waals surface area contributed by atoms with Gasteiger partial charge in [-0.05, 0) is 18.1 Å². The average Bonchev–Trinajstić information content (AvgIpc) is 3.11. The molecule has 1 aromatic heterocycles. The first-order valence-corrected chi connectivity index (χ1v) is 10.6. The van der Waals surface area contributed by atoms with E-state index in [2.05, 4.69) is 60.8 Å². The number of anilines is 1. The Hall–Kier alpha value is -3.79. The van der Waals surface area contributed by atoms with E-state index in [0.29, 0.717) is 12.8 Å². The van der Waals surface area contributed by atoms with E-state index in [1.54, 1.807) is 4.57 Å². The fourth-order valence-corrected chi connectivity index (χ4v) is 4.04. The van der Waals surface area contributed by atoms with Gasteiger partial charge in [-0.3, -0.25) is 5.32 Å². The molecule has 5 rings (SSSR count). The summed E-state index contributed by atoms with van der Waals surface area (Å²) in [6, 6.07) is 28.4. The standard InChI is InChI=1S/C27H23N3O/c1-19-12-14-22(15-13-19)25-18-30-26(23(28-25)16-20-8-4-2-5-9-20)29-24(27(30)31)17-21-10-6-3-7-11-21/h2-15,18,24H,16-17H2,1H3/p+1. The van der Waals surface area contributed by atoms with Gasteiger partial charge in [-0.15, -0.1) is 0 Å². The van der Waals surface area contributed by atoms with Crippen LogP contribution in [0.25, 0.3) is 11.3 Å². The molecule has 1 atom stereocenters. The number of nitrogens with zero attached hydrogens (tertiary/aromatic N) is 2. The summed E-state index contributed by atoms with van der Waals surface area (Å²) in [5.41, 5.74) is 6.20. The van der Waals surface area contributed by atoms with Gasteiger partial charge >= 0.3 is 11.7 Å². The van der Waals surface area contributed by atoms with Crippen LogP contribution in [0, 0.1) is 6.92 Å². The van der Waals surface area contributed by atoms with Crippen LogP contribution < -0.4 is 9.88 Å². The minimum atomic E-state index is -0.299. The number of aryl methyl sites for hydroxylation is 1. The summed E-state index contributed by atoms with van der Waals surface area (Å²) >= 11 is 0. The van der Waals surface area contributed by atoms with Crippen LogP contribution in [-0.4, -0.2) is 16.9 Å². The lowest BCUT2D eigenvalue weighted by atomic mass is 10.1. The second kappa shape index (κ2) is 8.15. The number of rotatable bonds is 5. The number of benzene rings is 3. The molecule has 4 aromatic rings. The van der Waals surface area contributed by atoms with Gasteiger partial charge in [0.15, 0.2) is 6.04 Å². The predicted octanol–water partition coefficient (Wildman–Crippen LogP) is 4.61. The zero-order valence-corrected chi connectivity index (χ0v) is 17.5. The number of carbonyl (C=O) groups is 1. The lowest BCUT2D eigenvalue weighted by molar-refractivity contribution is -0.552. The number of hydrogen-bond donors (Lipinski definition) is 1. The van der Waals surface area contributed by atoms with E-state index in [1.807, 2.05) is 42.6 Å². The highest BCUT2D eigenvalue weighted by atomic mass is 16.2. The first-order chi connectivity index (χ1) is 15.2. The maximum Gasteiger partial charge on any atom is 0.359 e. The molecule has 0 aliphatic carbocycles. The molecule has 0 bridgehead atoms. The fourth-order valence-electron chi connectivity index (χ4n) is 4.04. The first-order valence-electron chi connectivity index (χ1n) is 10.6. The van der Waals surface area contributed by atoms with E-state index in [0.717, 1.165) is 28.3 Å². The third kappa shape index (κ3) is 3.97. The SMILES string of the molecule is Cc1ccc(-c2c[n+]3c(c(Cc4ccccc4)n2)NC(Cc2ccccc2)C3=O)cc1. The quantitative estimate of drug-likeness (QED) is 0.492. The van der Waals surface area contributed by atoms with Crippen LogP contribution in [0.2, 0.25) is 0 Å². The third-order valence-corrected chi connectivity index (χ3v) is 5.71. The summed E-state index contributed by atoms with van der Waals surface area (Å²) in [5, 5.41) is 3.46. The molecular formula is C27H24N3O+. The fraction of sp³-hybridized carbons (Fsp3) is 0.148. The number of carbonyl (C=O) groups excluding carboxylic acids is 1. The molecule has 0 saturated heterocycles. The highest BCUT2D eigenvalue weighted by molar-refractivity contribution is 5.82. The summed E-state index contributed by atoms with van der Waals surface area (Å²) < 4.78 is 1.76. The van der Waals surface area contributed by atoms with Crippen molar-refractivity contribution in [1.29, 1.82) is 0 Å². The van der Waals surface area contributed by atoms with Crippen molar-refractivity contribution in [3.63, 3.8) is 0 Å². The number of nitrogens with one attached hydrogen (secondary N) is 1. The molecule has 3 aromatic carbocycles. The molecule has 1 N–H and O–H groups in total. The second-order valence-corrected chi connectivity index (χ2v) is 8.04. The highest BCUT2D eigenvalue weighted by Gasteiger charge is 2.41. The minimum Gasteiger partial charge on any atom is -0.258 e. The molecule has 4 nitrogen and oxygen atoms in total. The van der Waals surface area contributed by atoms with Crippen molar-refractivity contribution in [2.24, 2.45) is 0 Å². The summed E-state index contributed by atoms with van der Waals surface area (Å²) in [6.07, 6.45) is 3.18. The normalized spacial score (nSPS) is 14.9. The van der Waals surface area contributed by atoms with Crippen LogP contribution in [0.15, 0.2) is 91.1 Å². The molecule has 4 heteroatoms. The first kappa shape index (κ1) is 19.2. The van der Waals surface area contributed by atoms with Crippen molar-refractivity contribution >= 4 is 11.7 Å². The van der Waals surface area contributed by atoms with Crippen LogP contribution in [-0.2, 0) is 12.8 Å². The minimum absolute atomic E-state index is 0.0592. The van der Waals surface area contributed by atoms with Gasteiger partial charge in [0.1, 0.15) is 17.6 Å². The Bertz CT molecular complexity index is 1220. The van der Waals surface area contributed by atoms with Gasteiger partial charge in [0.05, 0.1) is 0 Å². The van der Waals surface area contributed by atoms with Crippen molar-refractivity contribution in [2.75, 3.05) is 5.32 Å². The zero-order chi connectivity index (χ0) is 21.2. The van der Waals surface area contributed by atoms with Crippen LogP contribution in [0.1, 0.15) is 27.2 Å². The molecule has 1 unspecified atom stereocenters. The summed E-state index contributed by atoms with van der Waals surface area (Å²) in [5.74, 6) is 0.856. The van der Waals surface area contributed by atoms with Crippen LogP contribution in [0.3, 0.4) is 0 Å². The largest absolute Gasteiger partial charge is 0.359 e. The summed E-state index contributed by atoms with van der Waals surface area (Å²) in [6.45, 7) is 2.07. The van der Waals surface area contributed by atoms with Gasteiger partial charge in [0.25, 0.3) is 0 Å². The molecule has 0 amide bonds. The van der Waals surface area contributed by atoms with Gasteiger partial charge in [-0.1, -0.05) is 90.5 Å². The van der Waals surface area contributed by atoms with Gasteiger partial charge in [0, 0.05) is 18.4 Å². The van der Waals surface area contributed by atoms with Crippen LogP contribution >= 0.6 is 0 Å². The molecule has 0 radical (unpaired) electrons. The Morgan fingerprint density at radius 2 is 1.52 bits per heavy atom. The third-order valence-electron chi connectivity index (χ3n) is 5.71. The van der Waals surface area contributed by atoms with E-state index in [9.17, 15) is 4.79 Å². The Labute approximate surface area is 182 Å². The lowest BCUT2D eigenvalue weighted by Crippen LogP contribution is -2.44. The molecule has 0 spiro atoms. The number of aromatic nitrogens is 2. The maximum absolute atomic E-state index is 13.3. The monoisotopic (exact) mass is 406 g/mol. The number of hydrogen-bond acceptors (Lipinski definition) is 3. The predicted molar refractivity (Wildman–Crippen MR) is 122 cm³/mol. The Morgan fingerprint density at radius 3 is 2.19 bits per heavy atom. The van der Waals surface area contributed by atoms with Crippen LogP contribution in [0.4, 0.5) is 5.82 Å². The second-order valence-electron chi connectivity index (χ2n) is 8.04. The Kier molecular flexibility index (Phi) is 5.04. The van der Waals surface area contributed by atoms with Crippen molar-refractivity contribution < 1.29 is 9.36 Å². The van der Waals surface area contributed by atoms with Gasteiger partial charge < -0.3 is 0 Å². The van der Waals surface area contributed by atoms with Gasteiger partial charge in [-0.2, -0.15) is 4.57 Å². The van der Waals surface area contributed by atoms with Crippen molar-refractivity contribution in [2.45, 2.75) is 25.8 Å². The van der Waals surface area contributed by atoms with E-state index in [-0.39, 0.29) is 11.9 Å². The lowest BCUT2D eigenvalue weighted by Gasteiger charge is -2.07. The van der Waals surface area contributed by atoms with E-state index in [1.165, 1.54) is 11.1 Å². The smallest absolute Gasteiger partial charge is 0.258 e. The Morgan fingerprint density at radius 1 is 0.871 bits per heavy atom. The van der Waals surface area contributed by atoms with Crippen molar-refractivity contribution in [3.05, 3.63) is 114 Å². The summed E-state index contributed by atoms with van der Waals surface area (Å²) in [4.78, 5) is 18.3. The van der Waals surface area contributed by atoms with Gasteiger partial charge in [-0.25, -0.2) is 9.78 Å². The van der Waals surface area contributed by atoms with Gasteiger partial charge in [0.2, 0.25) is 0 Å². The molecule has 31 heavy (non-hydrogen) atoms. The molecule has 1 aliphatic heterocycles. The summed E-state index contributed by atoms with van der Waals surface area (Å²) in [7, 11) is 0. The Balaban J connectivity index is 1.55. The van der Waals surface area contributed by atoms with Crippen molar-refractivity contribution in [3.8, 4) is 11.3 Å². The average molecular weight is 407 g/mol. The topological polar surface area (TPSA) is 45.9 Å². The molecular weight excluding hydrogens is 382 g/mol. The highest BCUT2D eigenvalue weighted by Crippen LogP contribution is 2.25. The van der Waals surface area contributed by atoms with Crippen molar-refractivity contribution in [1.82, 2.24) is 4.98 Å². The maximum atomic E-state index is 13.3. The molecule has 1 aliphatic rings. The molecule has 152 valence electrons. The number of fused-ring (bicyclic) bond motifs is 1. The van der Waals surface area contributed by atoms with E-state index < -0.39 is 0 Å².